The summed E-state index contributed by atoms with van der Waals surface area (Å²) >= 11 is 0. The van der Waals surface area contributed by atoms with E-state index in [0.29, 0.717) is 12.1 Å². The van der Waals surface area contributed by atoms with E-state index >= 15 is 0 Å². The molecule has 0 unspecified atom stereocenters. The van der Waals surface area contributed by atoms with Crippen LogP contribution in [0.4, 0.5) is 0 Å². The van der Waals surface area contributed by atoms with Gasteiger partial charge in [-0.3, -0.25) is 0 Å². The molecule has 0 bridgehead atoms. The summed E-state index contributed by atoms with van der Waals surface area (Å²) < 4.78 is 4.51. The van der Waals surface area contributed by atoms with Gasteiger partial charge >= 0.3 is 5.97 Å². The van der Waals surface area contributed by atoms with Gasteiger partial charge in [0.25, 0.3) is 0 Å². The Hall–Kier alpha value is -1.06. The van der Waals surface area contributed by atoms with E-state index in [0.717, 1.165) is 0 Å². The first kappa shape index (κ1) is 9.94. The highest BCUT2D eigenvalue weighted by atomic mass is 16.5. The molecule has 0 aliphatic heterocycles. The summed E-state index contributed by atoms with van der Waals surface area (Å²) in [5, 5.41) is 5.52. The van der Waals surface area contributed by atoms with E-state index in [1.165, 1.54) is 7.11 Å². The Balaban J connectivity index is 4.27. The number of nitrogens with zero attached hydrogens (tertiary/aromatic N) is 2. The van der Waals surface area contributed by atoms with Crippen molar-refractivity contribution in [1.82, 2.24) is 5.01 Å². The standard InChI is InChI=1S/C7H14N2O2/c1-5-6(7(10)11-4)8-9(2)3/h5H2,1-4H3. The van der Waals surface area contributed by atoms with E-state index in [1.54, 1.807) is 19.1 Å². The van der Waals surface area contributed by atoms with Crippen LogP contribution in [-0.4, -0.2) is 37.9 Å². The van der Waals surface area contributed by atoms with E-state index in [9.17, 15) is 4.79 Å². The first-order valence-electron chi connectivity index (χ1n) is 3.45. The second-order valence-corrected chi connectivity index (χ2v) is 2.24. The third-order valence-corrected chi connectivity index (χ3v) is 1.08. The number of carbonyl (C=O) groups is 1. The molecule has 4 nitrogen and oxygen atoms in total. The van der Waals surface area contributed by atoms with Gasteiger partial charge in [0, 0.05) is 14.1 Å². The Morgan fingerprint density at radius 1 is 1.55 bits per heavy atom. The maximum atomic E-state index is 10.9. The van der Waals surface area contributed by atoms with Crippen LogP contribution in [0.15, 0.2) is 5.10 Å². The summed E-state index contributed by atoms with van der Waals surface area (Å²) in [5.74, 6) is -0.360. The number of ether oxygens (including phenoxy) is 1. The fourth-order valence-electron chi connectivity index (χ4n) is 0.615. The van der Waals surface area contributed by atoms with Gasteiger partial charge in [-0.05, 0) is 6.42 Å². The van der Waals surface area contributed by atoms with Crippen molar-refractivity contribution in [2.75, 3.05) is 21.2 Å². The van der Waals surface area contributed by atoms with Crippen molar-refractivity contribution in [3.63, 3.8) is 0 Å². The summed E-state index contributed by atoms with van der Waals surface area (Å²) in [6, 6.07) is 0. The molecule has 0 aromatic carbocycles. The van der Waals surface area contributed by atoms with Crippen molar-refractivity contribution in [2.45, 2.75) is 13.3 Å². The molecule has 0 aliphatic carbocycles. The van der Waals surface area contributed by atoms with E-state index in [1.807, 2.05) is 6.92 Å². The molecule has 64 valence electrons. The number of rotatable bonds is 3. The number of esters is 1. The molecule has 11 heavy (non-hydrogen) atoms. The topological polar surface area (TPSA) is 41.9 Å². The molecule has 0 N–H and O–H groups in total. The van der Waals surface area contributed by atoms with Crippen molar-refractivity contribution in [3.8, 4) is 0 Å². The van der Waals surface area contributed by atoms with Gasteiger partial charge in [-0.25, -0.2) is 4.79 Å². The minimum absolute atomic E-state index is 0.360. The molecule has 0 saturated carbocycles. The lowest BCUT2D eigenvalue weighted by Gasteiger charge is -2.06. The molecule has 0 amide bonds. The van der Waals surface area contributed by atoms with Gasteiger partial charge in [-0.15, -0.1) is 0 Å². The molecule has 0 spiro atoms. The van der Waals surface area contributed by atoms with Crippen LogP contribution in [-0.2, 0) is 9.53 Å². The van der Waals surface area contributed by atoms with Crippen LogP contribution < -0.4 is 0 Å². The number of carbonyl (C=O) groups excluding carboxylic acids is 1. The van der Waals surface area contributed by atoms with Gasteiger partial charge in [0.1, 0.15) is 5.71 Å². The van der Waals surface area contributed by atoms with Crippen LogP contribution in [0.2, 0.25) is 0 Å². The minimum atomic E-state index is -0.360. The molecule has 0 saturated heterocycles. The molecular weight excluding hydrogens is 144 g/mol. The highest BCUT2D eigenvalue weighted by Crippen LogP contribution is 1.90. The average molecular weight is 158 g/mol. The molecule has 0 aliphatic rings. The van der Waals surface area contributed by atoms with E-state index in [-0.39, 0.29) is 5.97 Å². The van der Waals surface area contributed by atoms with Crippen molar-refractivity contribution >= 4 is 11.7 Å². The number of methoxy groups -OCH3 is 1. The number of hydrogen-bond acceptors (Lipinski definition) is 4. The van der Waals surface area contributed by atoms with Crippen LogP contribution in [0.1, 0.15) is 13.3 Å². The third-order valence-electron chi connectivity index (χ3n) is 1.08. The van der Waals surface area contributed by atoms with Gasteiger partial charge in [-0.1, -0.05) is 6.92 Å². The molecule has 0 aromatic rings. The first-order valence-corrected chi connectivity index (χ1v) is 3.45. The van der Waals surface area contributed by atoms with Crippen LogP contribution in [0.3, 0.4) is 0 Å². The molecule has 0 aromatic heterocycles. The summed E-state index contributed by atoms with van der Waals surface area (Å²) in [7, 11) is 4.88. The zero-order valence-electron chi connectivity index (χ0n) is 7.42. The average Bonchev–Trinajstić information content (AvgIpc) is 1.98. The van der Waals surface area contributed by atoms with Crippen LogP contribution >= 0.6 is 0 Å². The molecular formula is C7H14N2O2. The van der Waals surface area contributed by atoms with Crippen molar-refractivity contribution in [3.05, 3.63) is 0 Å². The summed E-state index contributed by atoms with van der Waals surface area (Å²) in [6.07, 6.45) is 0.588. The predicted octanol–water partition coefficient (Wildman–Crippen LogP) is 0.487. The van der Waals surface area contributed by atoms with Crippen LogP contribution in [0.25, 0.3) is 0 Å². The zero-order chi connectivity index (χ0) is 8.85. The van der Waals surface area contributed by atoms with Gasteiger partial charge in [-0.2, -0.15) is 5.10 Å². The molecule has 0 atom stereocenters. The fraction of sp³-hybridized carbons (Fsp3) is 0.714. The summed E-state index contributed by atoms with van der Waals surface area (Å²) in [4.78, 5) is 10.9. The van der Waals surface area contributed by atoms with Gasteiger partial charge in [0.05, 0.1) is 7.11 Å². The highest BCUT2D eigenvalue weighted by Gasteiger charge is 2.08. The molecule has 0 fully saturated rings. The van der Waals surface area contributed by atoms with Crippen LogP contribution in [0, 0.1) is 0 Å². The van der Waals surface area contributed by atoms with Gasteiger partial charge < -0.3 is 9.75 Å². The summed E-state index contributed by atoms with van der Waals surface area (Å²) in [6.45, 7) is 1.86. The minimum Gasteiger partial charge on any atom is -0.464 e. The van der Waals surface area contributed by atoms with Crippen molar-refractivity contribution in [1.29, 1.82) is 0 Å². The van der Waals surface area contributed by atoms with E-state index < -0.39 is 0 Å². The third kappa shape index (κ3) is 3.60. The predicted molar refractivity (Wildman–Crippen MR) is 43.4 cm³/mol. The summed E-state index contributed by atoms with van der Waals surface area (Å²) in [5.41, 5.74) is 0.442. The van der Waals surface area contributed by atoms with E-state index in [4.69, 9.17) is 0 Å². The number of hydrogen-bond donors (Lipinski definition) is 0. The Morgan fingerprint density at radius 3 is 2.36 bits per heavy atom. The van der Waals surface area contributed by atoms with Gasteiger partial charge in [0.15, 0.2) is 0 Å². The second-order valence-electron chi connectivity index (χ2n) is 2.24. The highest BCUT2D eigenvalue weighted by molar-refractivity contribution is 6.36. The monoisotopic (exact) mass is 158 g/mol. The van der Waals surface area contributed by atoms with Crippen LogP contribution in [0.5, 0.6) is 0 Å². The number of hydrazone groups is 1. The Morgan fingerprint density at radius 2 is 2.09 bits per heavy atom. The Labute approximate surface area is 66.8 Å². The fourth-order valence-corrected chi connectivity index (χ4v) is 0.615. The Bertz CT molecular complexity index is 164. The maximum absolute atomic E-state index is 10.9. The maximum Gasteiger partial charge on any atom is 0.354 e. The van der Waals surface area contributed by atoms with Crippen molar-refractivity contribution in [2.24, 2.45) is 5.10 Å². The normalized spacial score (nSPS) is 11.1. The quantitative estimate of drug-likeness (QED) is 0.341. The molecule has 0 radical (unpaired) electrons. The SMILES string of the molecule is CCC(=NN(C)C)C(=O)OC. The van der Waals surface area contributed by atoms with Crippen molar-refractivity contribution < 1.29 is 9.53 Å². The largest absolute Gasteiger partial charge is 0.464 e. The molecule has 0 heterocycles. The van der Waals surface area contributed by atoms with E-state index in [2.05, 4.69) is 9.84 Å². The smallest absolute Gasteiger partial charge is 0.354 e. The lowest BCUT2D eigenvalue weighted by molar-refractivity contribution is -0.132. The first-order chi connectivity index (χ1) is 5.11. The van der Waals surface area contributed by atoms with Gasteiger partial charge in [0.2, 0.25) is 0 Å². The molecule has 4 heteroatoms. The molecule has 0 rings (SSSR count). The zero-order valence-corrected chi connectivity index (χ0v) is 7.42. The lowest BCUT2D eigenvalue weighted by atomic mass is 10.3. The second kappa shape index (κ2) is 4.71. The lowest BCUT2D eigenvalue weighted by Crippen LogP contribution is -2.18. The Kier molecular flexibility index (Phi) is 4.26.